The molecule has 10 nitrogen and oxygen atoms in total. The molecule has 66 heavy (non-hydrogen) atoms. The van der Waals surface area contributed by atoms with Crippen LogP contribution < -0.4 is 20.5 Å². The van der Waals surface area contributed by atoms with Crippen LogP contribution in [0.5, 0.6) is 0 Å². The Labute approximate surface area is 411 Å². The molecule has 8 bridgehead atoms. The number of esters is 1. The summed E-state index contributed by atoms with van der Waals surface area (Å²) in [7, 11) is 1.33. The van der Waals surface area contributed by atoms with Gasteiger partial charge in [-0.2, -0.15) is 17.1 Å². The molecule has 2 fully saturated rings. The van der Waals surface area contributed by atoms with Crippen molar-refractivity contribution in [1.82, 2.24) is 9.97 Å². The van der Waals surface area contributed by atoms with Gasteiger partial charge in [0.2, 0.25) is 0 Å². The molecule has 0 saturated carbocycles. The zero-order valence-electron chi connectivity index (χ0n) is 42.3. The van der Waals surface area contributed by atoms with E-state index in [1.165, 1.54) is 57.6 Å². The number of ether oxygens (including phenoxy) is 2. The van der Waals surface area contributed by atoms with Gasteiger partial charge in [0.1, 0.15) is 11.7 Å². The maximum Gasteiger partial charge on any atom is 2.00 e. The summed E-state index contributed by atoms with van der Waals surface area (Å²) < 4.78 is 11.3. The van der Waals surface area contributed by atoms with E-state index in [2.05, 4.69) is 61.5 Å². The van der Waals surface area contributed by atoms with Crippen LogP contribution in [0.1, 0.15) is 178 Å². The molecule has 4 aliphatic rings. The summed E-state index contributed by atoms with van der Waals surface area (Å²) in [4.78, 5) is 37.1. The molecule has 0 spiro atoms. The molecule has 2 N–H and O–H groups in total. The van der Waals surface area contributed by atoms with Crippen LogP contribution in [0.15, 0.2) is 28.7 Å². The van der Waals surface area contributed by atoms with Crippen LogP contribution in [-0.4, -0.2) is 71.1 Å². The Morgan fingerprint density at radius 1 is 0.818 bits per heavy atom. The average molecular weight is 916 g/mol. The predicted molar refractivity (Wildman–Crippen MR) is 269 cm³/mol. The van der Waals surface area contributed by atoms with Crippen LogP contribution in [0, 0.1) is 61.2 Å². The maximum absolute atomic E-state index is 13.7. The van der Waals surface area contributed by atoms with E-state index in [0.717, 1.165) is 65.2 Å². The Bertz CT molecular complexity index is 2290. The molecule has 5 heterocycles. The Kier molecular flexibility index (Phi) is 19.2. The first-order valence-corrected chi connectivity index (χ1v) is 24.8. The summed E-state index contributed by atoms with van der Waals surface area (Å²) in [6.45, 7) is 23.7. The van der Waals surface area contributed by atoms with E-state index in [1.807, 2.05) is 32.1 Å². The van der Waals surface area contributed by atoms with E-state index in [0.29, 0.717) is 58.2 Å². The summed E-state index contributed by atoms with van der Waals surface area (Å²) >= 11 is 0. The number of allylic oxidation sites excluding steroid dienone is 4. The molecule has 0 aromatic carbocycles. The van der Waals surface area contributed by atoms with Crippen molar-refractivity contribution in [1.29, 1.82) is 0 Å². The Morgan fingerprint density at radius 2 is 1.44 bits per heavy atom. The van der Waals surface area contributed by atoms with Crippen molar-refractivity contribution < 1.29 is 29.3 Å². The second kappa shape index (κ2) is 23.7. The summed E-state index contributed by atoms with van der Waals surface area (Å²) in [5.74, 6) is 0.398. The number of carbonyl (C=O) groups excluding carboxylic acids is 2. The molecule has 6 rings (SSSR count). The van der Waals surface area contributed by atoms with Gasteiger partial charge in [0.25, 0.3) is 0 Å². The first kappa shape index (κ1) is 53.4. The third-order valence-corrected chi connectivity index (χ3v) is 15.1. The van der Waals surface area contributed by atoms with Gasteiger partial charge in [0, 0.05) is 10.8 Å². The fraction of sp³-hybridized carbons (Fsp3) is 0.636. The van der Waals surface area contributed by atoms with E-state index >= 15 is 0 Å². The van der Waals surface area contributed by atoms with E-state index in [-0.39, 0.29) is 58.3 Å². The summed E-state index contributed by atoms with van der Waals surface area (Å²) in [5, 5.41) is 34.7. The van der Waals surface area contributed by atoms with Crippen LogP contribution in [0.3, 0.4) is 0 Å². The minimum absolute atomic E-state index is 0. The van der Waals surface area contributed by atoms with Crippen LogP contribution in [-0.2, 0) is 14.3 Å². The molecule has 0 amide bonds. The zero-order valence-corrected chi connectivity index (χ0v) is 43.7. The Balaban J connectivity index is 0.00000817. The number of aliphatic hydroxyl groups is 2. The molecule has 1 aliphatic carbocycles. The number of ketones is 1. The minimum atomic E-state index is -1.08. The van der Waals surface area contributed by atoms with Crippen molar-refractivity contribution in [3.8, 4) is 0 Å². The molecule has 2 aromatic rings. The van der Waals surface area contributed by atoms with Gasteiger partial charge in [-0.3, -0.25) is 9.59 Å². The number of hydrogen-bond donors (Lipinski definition) is 2. The molecule has 358 valence electrons. The molecule has 11 heteroatoms. The van der Waals surface area contributed by atoms with E-state index < -0.39 is 24.2 Å². The average Bonchev–Trinajstić information content (AvgIpc) is 4.00. The summed E-state index contributed by atoms with van der Waals surface area (Å²) in [6, 6.07) is -0.575. The van der Waals surface area contributed by atoms with E-state index in [9.17, 15) is 19.8 Å². The number of nitrogens with zero attached hydrogens (tertiary/aromatic N) is 4. The standard InChI is InChI=1S/C55H79N4O6.Mg/c1-13-39-34(7)41-29-46-48(38(11)60)36(9)43(57-46)27-42-35(8)40(52(58-42)50-51(55(63)64-12)54(62)49-37(10)44(59-53(49)50)28-45(39)56-41)23-24-47(61)65-26-25-33(6)22-16-21-32(5)20-15-19-31(4)18-14-17-30(2)3;/h25,27-32,34-35,39-40,47,51-52,61H,13-24,26H2,1-12H3,(H2-,56,57,60,62);/q-3;+2/p-1/b33-25+,42-27-,45-28-;/t31-,32-,34-,35+,39-,40+,47+,51-,52?;/m1./s1. The minimum Gasteiger partial charge on any atom is -0.681 e. The van der Waals surface area contributed by atoms with Gasteiger partial charge in [0.15, 0.2) is 12.1 Å². The van der Waals surface area contributed by atoms with Gasteiger partial charge >= 0.3 is 29.0 Å². The van der Waals surface area contributed by atoms with Gasteiger partial charge in [-0.1, -0.05) is 152 Å². The molecule has 0 radical (unpaired) electrons. The zero-order chi connectivity index (χ0) is 47.3. The van der Waals surface area contributed by atoms with Gasteiger partial charge in [0.05, 0.1) is 13.7 Å². The number of aliphatic hydroxyl groups excluding tert-OH is 2. The van der Waals surface area contributed by atoms with Crippen molar-refractivity contribution >= 4 is 64.4 Å². The normalized spacial score (nSPS) is 26.1. The SMILES string of the molecule is CC[C@H]1/C2=C/c3[n-]c4c(c3C)=C(O)[C@H](C(=O)OC)C=4C3[N-]/C(=C\c4[n-]c(c(C(C)=O)c4C)/C=C(\[N-]2)[C@@H]1C)[C@@H](C)[C@@H]3CC[C@@H](O)OC/C=C(\C)CCC[C@H](C)CCC[C@H](C)CCCC(C)C.[Mg+2]. The van der Waals surface area contributed by atoms with Gasteiger partial charge in [-0.25, -0.2) is 0 Å². The number of rotatable bonds is 21. The number of carbonyl (C=O) groups is 2. The smallest absolute Gasteiger partial charge is 0.681 e. The third kappa shape index (κ3) is 12.0. The fourth-order valence-electron chi connectivity index (χ4n) is 11.0. The summed E-state index contributed by atoms with van der Waals surface area (Å²) in [6.07, 6.45) is 20.1. The van der Waals surface area contributed by atoms with Crippen molar-refractivity contribution in [3.63, 3.8) is 0 Å². The topological polar surface area (TPSA) is 149 Å². The second-order valence-electron chi connectivity index (χ2n) is 20.5. The predicted octanol–water partition coefficient (Wildman–Crippen LogP) is 11.0. The van der Waals surface area contributed by atoms with Crippen LogP contribution in [0.4, 0.5) is 0 Å². The number of fused-ring (bicyclic) bond motifs is 8. The molecule has 1 unspecified atom stereocenters. The van der Waals surface area contributed by atoms with Gasteiger partial charge in [-0.05, 0) is 94.8 Å². The monoisotopic (exact) mass is 915 g/mol. The van der Waals surface area contributed by atoms with Gasteiger partial charge < -0.3 is 40.3 Å². The number of aromatic nitrogens is 2. The second-order valence-corrected chi connectivity index (χ2v) is 20.5. The molecular formula is C55H78MgN4O6-2. The van der Waals surface area contributed by atoms with Crippen molar-refractivity contribution in [2.24, 2.45) is 47.3 Å². The van der Waals surface area contributed by atoms with Crippen LogP contribution in [0.25, 0.3) is 40.2 Å². The first-order valence-electron chi connectivity index (χ1n) is 24.8. The molecule has 2 saturated heterocycles. The Morgan fingerprint density at radius 3 is 2.08 bits per heavy atom. The largest absolute Gasteiger partial charge is 2.00 e. The van der Waals surface area contributed by atoms with E-state index in [1.54, 1.807) is 6.92 Å². The van der Waals surface area contributed by atoms with Crippen molar-refractivity contribution in [2.45, 2.75) is 166 Å². The molecular weight excluding hydrogens is 837 g/mol. The number of methoxy groups -OCH3 is 1. The van der Waals surface area contributed by atoms with Gasteiger partial charge in [-0.15, -0.1) is 22.4 Å². The van der Waals surface area contributed by atoms with Crippen molar-refractivity contribution in [2.75, 3.05) is 13.7 Å². The molecule has 3 aliphatic heterocycles. The summed E-state index contributed by atoms with van der Waals surface area (Å²) in [5.41, 5.74) is 8.41. The third-order valence-electron chi connectivity index (χ3n) is 15.1. The van der Waals surface area contributed by atoms with Crippen LogP contribution >= 0.6 is 0 Å². The fourth-order valence-corrected chi connectivity index (χ4v) is 11.0. The Hall–Kier alpha value is -3.51. The molecule has 2 aromatic heterocycles. The maximum atomic E-state index is 13.7. The number of Topliss-reactive ketones (excluding diaryl/α,β-unsaturated/α-hetero) is 1. The number of hydrogen-bond acceptors (Lipinski definition) is 6. The quantitative estimate of drug-likeness (QED) is 0.0413. The first-order chi connectivity index (χ1) is 30.9. The van der Waals surface area contributed by atoms with Crippen molar-refractivity contribution in [3.05, 3.63) is 83.7 Å². The van der Waals surface area contributed by atoms with E-state index in [4.69, 9.17) is 30.1 Å². The molecule has 9 atom stereocenters. The van der Waals surface area contributed by atoms with Crippen LogP contribution in [0.2, 0.25) is 0 Å².